The molecular weight excluding hydrogens is 330 g/mol. The number of hydrogen-bond acceptors (Lipinski definition) is 5. The average molecular weight is 343 g/mol. The third-order valence-electron chi connectivity index (χ3n) is 3.12. The number of carbonyl (C=O) groups is 2. The number of ketones is 1. The molecule has 122 valence electrons. The Hall–Kier alpha value is -3.13. The van der Waals surface area contributed by atoms with Crippen LogP contribution < -0.4 is 10.6 Å². The highest BCUT2D eigenvalue weighted by atomic mass is 32.1. The molecule has 2 aromatic rings. The Balaban J connectivity index is 2.06. The summed E-state index contributed by atoms with van der Waals surface area (Å²) in [5.74, 6) is -0.742. The number of hydrogen-bond donors (Lipinski definition) is 2. The molecule has 0 bridgehead atoms. The van der Waals surface area contributed by atoms with E-state index in [1.165, 1.54) is 31.2 Å². The highest BCUT2D eigenvalue weighted by Gasteiger charge is 2.19. The second kappa shape index (κ2) is 7.42. The number of benzene rings is 2. The summed E-state index contributed by atoms with van der Waals surface area (Å²) in [4.78, 5) is 33.6. The summed E-state index contributed by atoms with van der Waals surface area (Å²) in [6.07, 6.45) is 0. The highest BCUT2D eigenvalue weighted by Crippen LogP contribution is 2.17. The van der Waals surface area contributed by atoms with Crippen LogP contribution in [0.2, 0.25) is 0 Å². The van der Waals surface area contributed by atoms with E-state index < -0.39 is 10.8 Å². The van der Waals surface area contributed by atoms with Crippen molar-refractivity contribution in [3.05, 3.63) is 69.8 Å². The van der Waals surface area contributed by atoms with Crippen molar-refractivity contribution in [2.75, 3.05) is 5.32 Å². The number of thiocarbonyl (C=S) groups is 1. The number of amides is 1. The topological polar surface area (TPSA) is 101 Å². The normalized spacial score (nSPS) is 9.88. The maximum atomic E-state index is 12.1. The lowest BCUT2D eigenvalue weighted by atomic mass is 10.1. The fraction of sp³-hybridized carbons (Fsp3) is 0.0625. The molecule has 24 heavy (non-hydrogen) atoms. The Bertz CT molecular complexity index is 818. The van der Waals surface area contributed by atoms with Crippen LogP contribution in [-0.2, 0) is 0 Å². The molecule has 0 heterocycles. The Morgan fingerprint density at radius 1 is 1.08 bits per heavy atom. The van der Waals surface area contributed by atoms with Gasteiger partial charge in [-0.2, -0.15) is 0 Å². The van der Waals surface area contributed by atoms with Crippen LogP contribution in [0.3, 0.4) is 0 Å². The summed E-state index contributed by atoms with van der Waals surface area (Å²) in [6, 6.07) is 12.1. The van der Waals surface area contributed by atoms with Crippen LogP contribution in [0.15, 0.2) is 48.5 Å². The van der Waals surface area contributed by atoms with Gasteiger partial charge in [-0.05, 0) is 49.5 Å². The third-order valence-corrected chi connectivity index (χ3v) is 3.33. The van der Waals surface area contributed by atoms with Crippen LogP contribution in [0.1, 0.15) is 27.6 Å². The van der Waals surface area contributed by atoms with Crippen molar-refractivity contribution in [1.82, 2.24) is 5.32 Å². The molecule has 2 aromatic carbocycles. The first-order valence-electron chi connectivity index (χ1n) is 6.85. The molecule has 0 unspecified atom stereocenters. The number of nitro groups is 1. The minimum absolute atomic E-state index is 0.00581. The summed E-state index contributed by atoms with van der Waals surface area (Å²) in [7, 11) is 0. The standard InChI is InChI=1S/C16H13N3O4S/c1-10(20)11-6-8-12(9-7-11)17-16(24)18-15(21)13-4-2-3-5-14(13)19(22)23/h2-9H,1H3,(H2,17,18,21,24). The molecule has 0 fully saturated rings. The molecule has 2 rings (SSSR count). The number of nitro benzene ring substituents is 1. The zero-order chi connectivity index (χ0) is 17.7. The molecule has 0 aliphatic heterocycles. The lowest BCUT2D eigenvalue weighted by molar-refractivity contribution is -0.385. The lowest BCUT2D eigenvalue weighted by Gasteiger charge is -2.10. The summed E-state index contributed by atoms with van der Waals surface area (Å²) >= 11 is 5.03. The fourth-order valence-corrected chi connectivity index (χ4v) is 2.16. The highest BCUT2D eigenvalue weighted by molar-refractivity contribution is 7.80. The predicted molar refractivity (Wildman–Crippen MR) is 93.2 cm³/mol. The molecular formula is C16H13N3O4S. The van der Waals surface area contributed by atoms with Gasteiger partial charge in [0.1, 0.15) is 5.56 Å². The SMILES string of the molecule is CC(=O)c1ccc(NC(=S)NC(=O)c2ccccc2[N+](=O)[O-])cc1. The number of Topliss-reactive ketones (excluding diaryl/α,β-unsaturated/α-hetero) is 1. The second-order valence-electron chi connectivity index (χ2n) is 4.82. The molecule has 0 saturated heterocycles. The average Bonchev–Trinajstić information content (AvgIpc) is 2.55. The van der Waals surface area contributed by atoms with Gasteiger partial charge in [-0.3, -0.25) is 25.0 Å². The zero-order valence-electron chi connectivity index (χ0n) is 12.6. The molecule has 0 aromatic heterocycles. The molecule has 2 N–H and O–H groups in total. The summed E-state index contributed by atoms with van der Waals surface area (Å²) < 4.78 is 0. The summed E-state index contributed by atoms with van der Waals surface area (Å²) in [5.41, 5.74) is 0.741. The van der Waals surface area contributed by atoms with Gasteiger partial charge in [-0.25, -0.2) is 0 Å². The number of nitrogens with one attached hydrogen (secondary N) is 2. The maximum Gasteiger partial charge on any atom is 0.282 e. The van der Waals surface area contributed by atoms with Gasteiger partial charge >= 0.3 is 0 Å². The van der Waals surface area contributed by atoms with E-state index in [9.17, 15) is 19.7 Å². The Morgan fingerprint density at radius 3 is 2.29 bits per heavy atom. The van der Waals surface area contributed by atoms with Crippen molar-refractivity contribution in [3.8, 4) is 0 Å². The van der Waals surface area contributed by atoms with Gasteiger partial charge in [-0.15, -0.1) is 0 Å². The van der Waals surface area contributed by atoms with Crippen molar-refractivity contribution in [2.24, 2.45) is 0 Å². The number of carbonyl (C=O) groups excluding carboxylic acids is 2. The van der Waals surface area contributed by atoms with Gasteiger partial charge in [0.2, 0.25) is 0 Å². The van der Waals surface area contributed by atoms with E-state index >= 15 is 0 Å². The predicted octanol–water partition coefficient (Wildman–Crippen LogP) is 2.92. The molecule has 7 nitrogen and oxygen atoms in total. The largest absolute Gasteiger partial charge is 0.332 e. The van der Waals surface area contributed by atoms with Crippen LogP contribution in [0.5, 0.6) is 0 Å². The van der Waals surface area contributed by atoms with E-state index in [0.29, 0.717) is 11.3 Å². The Kier molecular flexibility index (Phi) is 5.33. The molecule has 0 spiro atoms. The molecule has 0 saturated carbocycles. The van der Waals surface area contributed by atoms with E-state index in [-0.39, 0.29) is 22.1 Å². The van der Waals surface area contributed by atoms with Crippen LogP contribution in [-0.4, -0.2) is 21.7 Å². The third kappa shape index (κ3) is 4.20. The maximum absolute atomic E-state index is 12.1. The molecule has 0 atom stereocenters. The van der Waals surface area contributed by atoms with Crippen LogP contribution >= 0.6 is 12.2 Å². The molecule has 0 radical (unpaired) electrons. The van der Waals surface area contributed by atoms with Gasteiger partial charge < -0.3 is 5.32 Å². The van der Waals surface area contributed by atoms with E-state index in [1.54, 1.807) is 24.3 Å². The molecule has 0 aliphatic carbocycles. The first-order valence-corrected chi connectivity index (χ1v) is 7.26. The van der Waals surface area contributed by atoms with E-state index in [1.807, 2.05) is 0 Å². The minimum Gasteiger partial charge on any atom is -0.332 e. The molecule has 0 aliphatic rings. The minimum atomic E-state index is -0.680. The molecule has 1 amide bonds. The smallest absolute Gasteiger partial charge is 0.282 e. The number of nitrogens with zero attached hydrogens (tertiary/aromatic N) is 1. The van der Waals surface area contributed by atoms with Gasteiger partial charge in [0.25, 0.3) is 11.6 Å². The van der Waals surface area contributed by atoms with Crippen molar-refractivity contribution in [2.45, 2.75) is 6.92 Å². The van der Waals surface area contributed by atoms with Gasteiger partial charge in [0.05, 0.1) is 4.92 Å². The zero-order valence-corrected chi connectivity index (χ0v) is 13.4. The van der Waals surface area contributed by atoms with Crippen molar-refractivity contribution < 1.29 is 14.5 Å². The fourth-order valence-electron chi connectivity index (χ4n) is 1.95. The van der Waals surface area contributed by atoms with Crippen molar-refractivity contribution >= 4 is 40.4 Å². The summed E-state index contributed by atoms with van der Waals surface area (Å²) in [6.45, 7) is 1.46. The van der Waals surface area contributed by atoms with Crippen LogP contribution in [0, 0.1) is 10.1 Å². The van der Waals surface area contributed by atoms with Crippen molar-refractivity contribution in [1.29, 1.82) is 0 Å². The van der Waals surface area contributed by atoms with E-state index in [2.05, 4.69) is 10.6 Å². The number of para-hydroxylation sites is 1. The first kappa shape index (κ1) is 17.2. The number of anilines is 1. The molecule has 8 heteroatoms. The quantitative estimate of drug-likeness (QED) is 0.383. The van der Waals surface area contributed by atoms with E-state index in [4.69, 9.17) is 12.2 Å². The second-order valence-corrected chi connectivity index (χ2v) is 5.22. The van der Waals surface area contributed by atoms with Crippen LogP contribution in [0.4, 0.5) is 11.4 Å². The Morgan fingerprint density at radius 2 is 1.71 bits per heavy atom. The monoisotopic (exact) mass is 343 g/mol. The van der Waals surface area contributed by atoms with Gasteiger partial charge in [0, 0.05) is 17.3 Å². The Labute approximate surface area is 142 Å². The number of rotatable bonds is 4. The van der Waals surface area contributed by atoms with Gasteiger partial charge in [0.15, 0.2) is 10.9 Å². The van der Waals surface area contributed by atoms with E-state index in [0.717, 1.165) is 0 Å². The van der Waals surface area contributed by atoms with Crippen LogP contribution in [0.25, 0.3) is 0 Å². The first-order chi connectivity index (χ1) is 11.4. The van der Waals surface area contributed by atoms with Gasteiger partial charge in [-0.1, -0.05) is 12.1 Å². The summed E-state index contributed by atoms with van der Waals surface area (Å²) in [5, 5.41) is 16.1. The lowest BCUT2D eigenvalue weighted by Crippen LogP contribution is -2.34. The van der Waals surface area contributed by atoms with Crippen molar-refractivity contribution in [3.63, 3.8) is 0 Å².